The fourth-order valence-electron chi connectivity index (χ4n) is 6.83. The van der Waals surface area contributed by atoms with Crippen LogP contribution in [0, 0.1) is 5.92 Å². The van der Waals surface area contributed by atoms with Crippen LogP contribution in [0.2, 0.25) is 20.1 Å². The molecule has 286 valence electrons. The van der Waals surface area contributed by atoms with E-state index in [4.69, 9.17) is 46.4 Å². The number of nitrogens with one attached hydrogen (secondary N) is 2. The minimum Gasteiger partial charge on any atom is -0.396 e. The van der Waals surface area contributed by atoms with Gasteiger partial charge in [0.15, 0.2) is 11.3 Å². The molecule has 17 heteroatoms. The van der Waals surface area contributed by atoms with Crippen LogP contribution in [-0.2, 0) is 23.7 Å². The summed E-state index contributed by atoms with van der Waals surface area (Å²) < 4.78 is 4.94. The van der Waals surface area contributed by atoms with Crippen LogP contribution >= 0.6 is 46.4 Å². The van der Waals surface area contributed by atoms with E-state index in [1.807, 2.05) is 0 Å². The third-order valence-electron chi connectivity index (χ3n) is 9.83. The maximum atomic E-state index is 14.6. The smallest absolute Gasteiger partial charge is 0.330 e. The van der Waals surface area contributed by atoms with E-state index >= 15 is 0 Å². The molecular weight excluding hydrogens is 790 g/mol. The molecule has 0 aliphatic heterocycles. The normalized spacial score (nSPS) is 14.0. The Morgan fingerprint density at radius 1 is 0.691 bits per heavy atom. The van der Waals surface area contributed by atoms with E-state index in [9.17, 15) is 24.3 Å². The molecule has 4 heterocycles. The molecule has 2 atom stereocenters. The number of hydrogen-bond acceptors (Lipinski definition) is 7. The van der Waals surface area contributed by atoms with Gasteiger partial charge in [-0.2, -0.15) is 0 Å². The fraction of sp³-hybridized carbons (Fsp3) is 0.316. The Labute approximate surface area is 334 Å². The van der Waals surface area contributed by atoms with Crippen LogP contribution in [0.4, 0.5) is 0 Å². The van der Waals surface area contributed by atoms with E-state index in [-0.39, 0.29) is 30.9 Å². The van der Waals surface area contributed by atoms with Crippen molar-refractivity contribution in [3.8, 4) is 22.3 Å². The molecular formula is C38H36Cl4N8O5. The third kappa shape index (κ3) is 7.76. The van der Waals surface area contributed by atoms with Crippen LogP contribution in [0.1, 0.15) is 37.8 Å². The molecule has 0 radical (unpaired) electrons. The second-order valence-corrected chi connectivity index (χ2v) is 15.4. The van der Waals surface area contributed by atoms with Gasteiger partial charge in [-0.3, -0.25) is 27.9 Å². The number of benzene rings is 2. The number of halogens is 4. The average Bonchev–Trinajstić information content (AvgIpc) is 3.90. The van der Waals surface area contributed by atoms with Crippen molar-refractivity contribution in [3.63, 3.8) is 0 Å². The number of fused-ring (bicyclic) bond motifs is 2. The summed E-state index contributed by atoms with van der Waals surface area (Å²) in [6, 6.07) is 10.2. The van der Waals surface area contributed by atoms with Gasteiger partial charge in [0.1, 0.15) is 12.1 Å². The summed E-state index contributed by atoms with van der Waals surface area (Å²) in [5.74, 6) is -0.934. The molecule has 55 heavy (non-hydrogen) atoms. The predicted molar refractivity (Wildman–Crippen MR) is 214 cm³/mol. The van der Waals surface area contributed by atoms with Gasteiger partial charge in [0, 0.05) is 77.4 Å². The van der Waals surface area contributed by atoms with Gasteiger partial charge in [-0.05, 0) is 78.4 Å². The molecule has 7 rings (SSSR count). The van der Waals surface area contributed by atoms with Crippen LogP contribution in [0.25, 0.3) is 44.6 Å². The SMILES string of the molecule is Cn1c(=O)n(C(C(=O)NCCCO)C(C(=O)NCCC2CC2)n2c(=O)n(C)c3cc(-c4cc(Cl)cc(Cl)c4)cnc32)c2ncc(-c3cc(Cl)cc(Cl)c3)cc21. The molecule has 1 fully saturated rings. The topological polar surface area (TPSA) is 158 Å². The Hall–Kier alpha value is -4.66. The van der Waals surface area contributed by atoms with Gasteiger partial charge in [-0.1, -0.05) is 59.2 Å². The Morgan fingerprint density at radius 3 is 1.51 bits per heavy atom. The predicted octanol–water partition coefficient (Wildman–Crippen LogP) is 5.93. The lowest BCUT2D eigenvalue weighted by atomic mass is 10.0. The number of aliphatic hydroxyl groups excluding tert-OH is 1. The van der Waals surface area contributed by atoms with Crippen LogP contribution in [0.3, 0.4) is 0 Å². The molecule has 2 amide bonds. The van der Waals surface area contributed by atoms with Crippen LogP contribution in [0.5, 0.6) is 0 Å². The number of pyridine rings is 2. The largest absolute Gasteiger partial charge is 0.396 e. The van der Waals surface area contributed by atoms with Gasteiger partial charge < -0.3 is 15.7 Å². The maximum Gasteiger partial charge on any atom is 0.330 e. The fourth-order valence-corrected chi connectivity index (χ4v) is 7.89. The molecule has 2 aromatic carbocycles. The van der Waals surface area contributed by atoms with Crippen LogP contribution in [0.15, 0.2) is 70.5 Å². The zero-order chi connectivity index (χ0) is 39.1. The Bertz CT molecular complexity index is 2550. The van der Waals surface area contributed by atoms with Gasteiger partial charge in [-0.15, -0.1) is 0 Å². The number of hydrogen-bond donors (Lipinski definition) is 3. The summed E-state index contributed by atoms with van der Waals surface area (Å²) in [4.78, 5) is 67.1. The summed E-state index contributed by atoms with van der Waals surface area (Å²) in [5.41, 5.74) is 2.04. The second kappa shape index (κ2) is 15.8. The van der Waals surface area contributed by atoms with Crippen LogP contribution < -0.4 is 22.0 Å². The molecule has 0 saturated heterocycles. The highest BCUT2D eigenvalue weighted by Gasteiger charge is 2.42. The molecule has 0 spiro atoms. The highest BCUT2D eigenvalue weighted by atomic mass is 35.5. The Kier molecular flexibility index (Phi) is 11.1. The van der Waals surface area contributed by atoms with E-state index in [2.05, 4.69) is 20.6 Å². The van der Waals surface area contributed by atoms with Gasteiger partial charge in [0.2, 0.25) is 11.8 Å². The molecule has 3 N–H and O–H groups in total. The molecule has 13 nitrogen and oxygen atoms in total. The van der Waals surface area contributed by atoms with Crippen molar-refractivity contribution in [3.05, 3.63) is 102 Å². The van der Waals surface area contributed by atoms with Crippen LogP contribution in [-0.4, -0.2) is 64.9 Å². The number of rotatable bonds is 13. The number of aliphatic hydroxyl groups is 1. The number of nitrogens with zero attached hydrogens (tertiary/aromatic N) is 6. The maximum absolute atomic E-state index is 14.6. The molecule has 2 unspecified atom stereocenters. The quantitative estimate of drug-likeness (QED) is 0.122. The first-order chi connectivity index (χ1) is 26.4. The molecule has 1 aliphatic rings. The molecule has 1 saturated carbocycles. The number of amides is 2. The minimum atomic E-state index is -1.65. The first kappa shape index (κ1) is 38.6. The number of carbonyl (C=O) groups is 2. The van der Waals surface area contributed by atoms with Crippen molar-refractivity contribution in [2.45, 2.75) is 37.8 Å². The number of imidazole rings is 2. The van der Waals surface area contributed by atoms with Crippen molar-refractivity contribution >= 4 is 80.5 Å². The lowest BCUT2D eigenvalue weighted by Crippen LogP contribution is -2.49. The van der Waals surface area contributed by atoms with Gasteiger partial charge in [-0.25, -0.2) is 19.6 Å². The lowest BCUT2D eigenvalue weighted by molar-refractivity contribution is -0.133. The van der Waals surface area contributed by atoms with E-state index in [0.717, 1.165) is 22.0 Å². The Balaban J connectivity index is 1.44. The van der Waals surface area contributed by atoms with E-state index < -0.39 is 35.3 Å². The third-order valence-corrected chi connectivity index (χ3v) is 10.7. The first-order valence-corrected chi connectivity index (χ1v) is 19.1. The molecule has 4 aromatic heterocycles. The molecule has 0 bridgehead atoms. The van der Waals surface area contributed by atoms with Crippen molar-refractivity contribution in [2.75, 3.05) is 19.7 Å². The Morgan fingerprint density at radius 2 is 1.11 bits per heavy atom. The summed E-state index contributed by atoms with van der Waals surface area (Å²) in [6.07, 6.45) is 6.07. The molecule has 6 aromatic rings. The van der Waals surface area contributed by atoms with Gasteiger partial charge in [0.05, 0.1) is 11.0 Å². The lowest BCUT2D eigenvalue weighted by Gasteiger charge is -2.27. The monoisotopic (exact) mass is 824 g/mol. The van der Waals surface area contributed by atoms with Crippen molar-refractivity contribution in [1.29, 1.82) is 0 Å². The zero-order valence-electron chi connectivity index (χ0n) is 29.7. The minimum absolute atomic E-state index is 0.0305. The number of aryl methyl sites for hydroxylation is 2. The summed E-state index contributed by atoms with van der Waals surface area (Å²) in [5, 5.41) is 16.8. The van der Waals surface area contributed by atoms with Crippen molar-refractivity contribution in [1.82, 2.24) is 38.9 Å². The summed E-state index contributed by atoms with van der Waals surface area (Å²) in [7, 11) is 3.06. The highest BCUT2D eigenvalue weighted by Crippen LogP contribution is 2.35. The summed E-state index contributed by atoms with van der Waals surface area (Å²) in [6.45, 7) is 0.109. The van der Waals surface area contributed by atoms with E-state index in [1.165, 1.54) is 35.6 Å². The molecule has 1 aliphatic carbocycles. The highest BCUT2D eigenvalue weighted by molar-refractivity contribution is 6.35. The standard InChI is InChI=1S/C38H36Cl4N8O5/c1-47-29-14-23(21-10-25(39)16-26(40)11-21)18-45-33(29)49(37(47)54)31(35(52)43-7-3-9-51)32(36(53)44-8-6-20-4-5-20)50-34-30(48(2)38(50)55)15-24(19-46-34)22-12-27(41)17-28(42)13-22/h10-20,31-32,51H,3-9H2,1-2H3,(H,43,52)(H,44,53). The number of aromatic nitrogens is 6. The second-order valence-electron chi connectivity index (χ2n) is 13.7. The van der Waals surface area contributed by atoms with Gasteiger partial charge >= 0.3 is 11.4 Å². The first-order valence-electron chi connectivity index (χ1n) is 17.6. The zero-order valence-corrected chi connectivity index (χ0v) is 32.8. The van der Waals surface area contributed by atoms with E-state index in [1.54, 1.807) is 48.5 Å². The van der Waals surface area contributed by atoms with E-state index in [0.29, 0.717) is 72.3 Å². The van der Waals surface area contributed by atoms with Gasteiger partial charge in [0.25, 0.3) is 0 Å². The van der Waals surface area contributed by atoms with Crippen molar-refractivity contribution in [2.24, 2.45) is 20.0 Å². The average molecular weight is 827 g/mol. The van der Waals surface area contributed by atoms with Crippen molar-refractivity contribution < 1.29 is 14.7 Å². The number of carbonyl (C=O) groups excluding carboxylic acids is 2. The summed E-state index contributed by atoms with van der Waals surface area (Å²) >= 11 is 25.2.